The molecule has 0 bridgehead atoms. The average molecular weight is 474 g/mol. The fraction of sp³-hybridized carbons (Fsp3) is 0.360. The SMILES string of the molecule is CCN(CC)CCCN(C(=O)COc1ccccc1)c1nc(-c2ccc(C)cc2)cs1.Cl. The van der Waals surface area contributed by atoms with Crippen molar-refractivity contribution in [1.82, 2.24) is 9.88 Å². The highest BCUT2D eigenvalue weighted by Gasteiger charge is 2.20. The molecule has 32 heavy (non-hydrogen) atoms. The second-order valence-corrected chi connectivity index (χ2v) is 8.25. The standard InChI is InChI=1S/C25H31N3O2S.ClH/c1-4-27(5-2)16-9-17-28(24(29)18-30-22-10-7-6-8-11-22)25-26-23(19-31-25)21-14-12-20(3)13-15-21;/h6-8,10-15,19H,4-5,9,16-18H2,1-3H3;1H. The molecule has 1 amide bonds. The Kier molecular flexibility index (Phi) is 10.7. The Balaban J connectivity index is 0.00000363. The Morgan fingerprint density at radius 3 is 2.34 bits per heavy atom. The van der Waals surface area contributed by atoms with Gasteiger partial charge >= 0.3 is 0 Å². The number of anilines is 1. The third kappa shape index (κ3) is 7.33. The Labute approximate surface area is 201 Å². The molecule has 3 rings (SSSR count). The Bertz CT molecular complexity index is 943. The number of carbonyl (C=O) groups is 1. The van der Waals surface area contributed by atoms with Gasteiger partial charge in [0.05, 0.1) is 5.69 Å². The minimum absolute atomic E-state index is 0. The first-order chi connectivity index (χ1) is 15.1. The van der Waals surface area contributed by atoms with E-state index < -0.39 is 0 Å². The molecule has 5 nitrogen and oxygen atoms in total. The van der Waals surface area contributed by atoms with E-state index in [1.165, 1.54) is 16.9 Å². The van der Waals surface area contributed by atoms with Crippen molar-refractivity contribution in [2.24, 2.45) is 0 Å². The zero-order valence-corrected chi connectivity index (χ0v) is 20.6. The molecule has 0 spiro atoms. The van der Waals surface area contributed by atoms with Crippen LogP contribution in [0.4, 0.5) is 5.13 Å². The third-order valence-corrected chi connectivity index (χ3v) is 6.09. The molecule has 0 atom stereocenters. The van der Waals surface area contributed by atoms with E-state index in [0.717, 1.165) is 42.4 Å². The van der Waals surface area contributed by atoms with Gasteiger partial charge in [-0.25, -0.2) is 4.98 Å². The number of hydrogen-bond acceptors (Lipinski definition) is 5. The zero-order valence-electron chi connectivity index (χ0n) is 19.0. The number of carbonyl (C=O) groups excluding carboxylic acids is 1. The minimum Gasteiger partial charge on any atom is -0.484 e. The van der Waals surface area contributed by atoms with E-state index in [1.807, 2.05) is 35.7 Å². The fourth-order valence-corrected chi connectivity index (χ4v) is 4.18. The molecule has 1 heterocycles. The van der Waals surface area contributed by atoms with Crippen LogP contribution >= 0.6 is 23.7 Å². The number of para-hydroxylation sites is 1. The zero-order chi connectivity index (χ0) is 22.1. The van der Waals surface area contributed by atoms with E-state index in [1.54, 1.807) is 4.90 Å². The van der Waals surface area contributed by atoms with Gasteiger partial charge in [-0.2, -0.15) is 0 Å². The van der Waals surface area contributed by atoms with Crippen molar-refractivity contribution in [3.63, 3.8) is 0 Å². The Morgan fingerprint density at radius 1 is 1.00 bits per heavy atom. The highest BCUT2D eigenvalue weighted by atomic mass is 35.5. The van der Waals surface area contributed by atoms with Crippen molar-refractivity contribution in [3.8, 4) is 17.0 Å². The van der Waals surface area contributed by atoms with E-state index in [0.29, 0.717) is 12.3 Å². The molecule has 0 saturated heterocycles. The summed E-state index contributed by atoms with van der Waals surface area (Å²) in [5.74, 6) is 0.617. The van der Waals surface area contributed by atoms with Crippen LogP contribution in [-0.4, -0.2) is 48.6 Å². The predicted molar refractivity (Wildman–Crippen MR) is 136 cm³/mol. The monoisotopic (exact) mass is 473 g/mol. The summed E-state index contributed by atoms with van der Waals surface area (Å²) in [5, 5.41) is 2.74. The highest BCUT2D eigenvalue weighted by molar-refractivity contribution is 7.14. The number of benzene rings is 2. The summed E-state index contributed by atoms with van der Waals surface area (Å²) in [4.78, 5) is 22.0. The van der Waals surface area contributed by atoms with Crippen LogP contribution in [0.1, 0.15) is 25.8 Å². The number of aryl methyl sites for hydroxylation is 1. The number of rotatable bonds is 11. The maximum Gasteiger partial charge on any atom is 0.266 e. The van der Waals surface area contributed by atoms with E-state index in [4.69, 9.17) is 9.72 Å². The molecule has 172 valence electrons. The molecule has 0 aliphatic rings. The van der Waals surface area contributed by atoms with Gasteiger partial charge in [0.2, 0.25) is 0 Å². The molecule has 0 aliphatic carbocycles. The van der Waals surface area contributed by atoms with E-state index >= 15 is 0 Å². The Morgan fingerprint density at radius 2 is 1.69 bits per heavy atom. The normalized spacial score (nSPS) is 10.6. The van der Waals surface area contributed by atoms with E-state index in [-0.39, 0.29) is 24.9 Å². The molecule has 0 N–H and O–H groups in total. The molecule has 7 heteroatoms. The van der Waals surface area contributed by atoms with Gasteiger partial charge < -0.3 is 9.64 Å². The molecular weight excluding hydrogens is 442 g/mol. The molecule has 0 aliphatic heterocycles. The summed E-state index contributed by atoms with van der Waals surface area (Å²) >= 11 is 1.50. The van der Waals surface area contributed by atoms with Crippen molar-refractivity contribution in [1.29, 1.82) is 0 Å². The number of amides is 1. The van der Waals surface area contributed by atoms with Crippen LogP contribution in [0.2, 0.25) is 0 Å². The molecular formula is C25H32ClN3O2S. The number of halogens is 1. The molecule has 0 radical (unpaired) electrons. The van der Waals surface area contributed by atoms with Gasteiger partial charge in [0.1, 0.15) is 5.75 Å². The van der Waals surface area contributed by atoms with Gasteiger partial charge in [-0.15, -0.1) is 23.7 Å². The lowest BCUT2D eigenvalue weighted by atomic mass is 10.1. The number of aromatic nitrogens is 1. The second kappa shape index (κ2) is 13.2. The second-order valence-electron chi connectivity index (χ2n) is 7.41. The van der Waals surface area contributed by atoms with Crippen LogP contribution in [0.25, 0.3) is 11.3 Å². The van der Waals surface area contributed by atoms with E-state index in [9.17, 15) is 4.79 Å². The maximum absolute atomic E-state index is 13.1. The minimum atomic E-state index is -0.0757. The van der Waals surface area contributed by atoms with Crippen LogP contribution in [0.5, 0.6) is 5.75 Å². The van der Waals surface area contributed by atoms with Gasteiger partial charge in [-0.3, -0.25) is 9.69 Å². The quantitative estimate of drug-likeness (QED) is 0.359. The number of ether oxygens (including phenoxy) is 1. The largest absolute Gasteiger partial charge is 0.484 e. The third-order valence-electron chi connectivity index (χ3n) is 5.23. The van der Waals surface area contributed by atoms with Gasteiger partial charge in [0.25, 0.3) is 5.91 Å². The van der Waals surface area contributed by atoms with Crippen LogP contribution in [-0.2, 0) is 4.79 Å². The lowest BCUT2D eigenvalue weighted by Crippen LogP contribution is -2.37. The van der Waals surface area contributed by atoms with Gasteiger partial charge in [0, 0.05) is 17.5 Å². The van der Waals surface area contributed by atoms with Crippen molar-refractivity contribution in [3.05, 3.63) is 65.5 Å². The van der Waals surface area contributed by atoms with Gasteiger partial charge in [-0.1, -0.05) is 61.9 Å². The number of hydrogen-bond donors (Lipinski definition) is 0. The molecule has 0 unspecified atom stereocenters. The summed E-state index contributed by atoms with van der Waals surface area (Å²) in [6.45, 7) is 9.98. The van der Waals surface area contributed by atoms with Crippen LogP contribution in [0.15, 0.2) is 60.0 Å². The van der Waals surface area contributed by atoms with Crippen LogP contribution in [0.3, 0.4) is 0 Å². The van der Waals surface area contributed by atoms with Gasteiger partial charge in [0.15, 0.2) is 11.7 Å². The fourth-order valence-electron chi connectivity index (χ4n) is 3.30. The Hall–Kier alpha value is -2.41. The van der Waals surface area contributed by atoms with Gasteiger partial charge in [-0.05, 0) is 45.1 Å². The first kappa shape index (κ1) is 25.8. The van der Waals surface area contributed by atoms with E-state index in [2.05, 4.69) is 49.9 Å². The van der Waals surface area contributed by atoms with Crippen molar-refractivity contribution >= 4 is 34.8 Å². The molecule has 2 aromatic carbocycles. The lowest BCUT2D eigenvalue weighted by Gasteiger charge is -2.23. The summed E-state index contributed by atoms with van der Waals surface area (Å²) in [6, 6.07) is 17.7. The molecule has 0 saturated carbocycles. The lowest BCUT2D eigenvalue weighted by molar-refractivity contribution is -0.120. The summed E-state index contributed by atoms with van der Waals surface area (Å²) in [5.41, 5.74) is 3.17. The van der Waals surface area contributed by atoms with Crippen molar-refractivity contribution in [2.45, 2.75) is 27.2 Å². The number of nitrogens with zero attached hydrogens (tertiary/aromatic N) is 3. The summed E-state index contributed by atoms with van der Waals surface area (Å²) in [7, 11) is 0. The highest BCUT2D eigenvalue weighted by Crippen LogP contribution is 2.28. The topological polar surface area (TPSA) is 45.7 Å². The van der Waals surface area contributed by atoms with Crippen LogP contribution in [0, 0.1) is 6.92 Å². The number of thiazole rings is 1. The maximum atomic E-state index is 13.1. The first-order valence-electron chi connectivity index (χ1n) is 10.8. The molecule has 1 aromatic heterocycles. The first-order valence-corrected chi connectivity index (χ1v) is 11.7. The smallest absolute Gasteiger partial charge is 0.266 e. The van der Waals surface area contributed by atoms with Crippen molar-refractivity contribution < 1.29 is 9.53 Å². The molecule has 3 aromatic rings. The van der Waals surface area contributed by atoms with Crippen LogP contribution < -0.4 is 9.64 Å². The summed E-state index contributed by atoms with van der Waals surface area (Å²) < 4.78 is 5.72. The van der Waals surface area contributed by atoms with Crippen molar-refractivity contribution in [2.75, 3.05) is 37.7 Å². The predicted octanol–water partition coefficient (Wildman–Crippen LogP) is 5.68. The molecule has 0 fully saturated rings. The average Bonchev–Trinajstić information content (AvgIpc) is 3.28. The summed E-state index contributed by atoms with van der Waals surface area (Å²) in [6.07, 6.45) is 0.887.